The molecule has 1 heterocycles. The molecule has 0 saturated carbocycles. The van der Waals surface area contributed by atoms with Crippen LogP contribution in [-0.2, 0) is 9.53 Å². The van der Waals surface area contributed by atoms with Gasteiger partial charge in [0.2, 0.25) is 0 Å². The topological polar surface area (TPSA) is 88.4 Å². The van der Waals surface area contributed by atoms with Gasteiger partial charge in [-0.2, -0.15) is 10.1 Å². The van der Waals surface area contributed by atoms with E-state index in [0.29, 0.717) is 11.3 Å². The molecule has 7 heteroatoms. The van der Waals surface area contributed by atoms with Gasteiger partial charge in [0.05, 0.1) is 13.7 Å². The second-order valence-corrected chi connectivity index (χ2v) is 6.86. The van der Waals surface area contributed by atoms with Crippen molar-refractivity contribution in [2.24, 2.45) is 10.5 Å². The van der Waals surface area contributed by atoms with E-state index in [1.54, 1.807) is 52.0 Å². The van der Waals surface area contributed by atoms with Crippen molar-refractivity contribution >= 4 is 17.6 Å². The van der Waals surface area contributed by atoms with Crippen LogP contribution in [0.4, 0.5) is 0 Å². The molecule has 1 amide bonds. The fourth-order valence-corrected chi connectivity index (χ4v) is 2.55. The van der Waals surface area contributed by atoms with Gasteiger partial charge in [-0.1, -0.05) is 26.8 Å². The van der Waals surface area contributed by atoms with E-state index in [-0.39, 0.29) is 18.7 Å². The molecule has 0 aliphatic carbocycles. The van der Waals surface area contributed by atoms with E-state index in [1.165, 1.54) is 7.11 Å². The van der Waals surface area contributed by atoms with E-state index in [2.05, 4.69) is 5.10 Å². The Morgan fingerprint density at radius 2 is 2.04 bits per heavy atom. The molecule has 1 aromatic rings. The molecule has 1 aromatic carbocycles. The van der Waals surface area contributed by atoms with Crippen LogP contribution in [0.1, 0.15) is 44.5 Å². The first kappa shape index (κ1) is 18.9. The van der Waals surface area contributed by atoms with Crippen LogP contribution in [-0.4, -0.2) is 47.1 Å². The third kappa shape index (κ3) is 3.51. The summed E-state index contributed by atoms with van der Waals surface area (Å²) < 4.78 is 10.1. The van der Waals surface area contributed by atoms with E-state index < -0.39 is 23.0 Å². The smallest absolute Gasteiger partial charge is 0.354 e. The van der Waals surface area contributed by atoms with E-state index in [1.807, 2.05) is 0 Å². The predicted molar refractivity (Wildman–Crippen MR) is 92.3 cm³/mol. The molecule has 136 valence electrons. The molecule has 0 bridgehead atoms. The van der Waals surface area contributed by atoms with Crippen molar-refractivity contribution in [3.8, 4) is 5.75 Å². The quantitative estimate of drug-likeness (QED) is 0.843. The fourth-order valence-electron chi connectivity index (χ4n) is 2.55. The van der Waals surface area contributed by atoms with Crippen LogP contribution in [0, 0.1) is 5.41 Å². The minimum Gasteiger partial charge on any atom is -0.497 e. The Morgan fingerprint density at radius 1 is 1.36 bits per heavy atom. The number of benzene rings is 1. The van der Waals surface area contributed by atoms with Crippen molar-refractivity contribution in [2.75, 3.05) is 13.7 Å². The summed E-state index contributed by atoms with van der Waals surface area (Å²) in [6, 6.07) is 6.55. The molecule has 0 saturated heterocycles. The lowest BCUT2D eigenvalue weighted by Crippen LogP contribution is -2.55. The van der Waals surface area contributed by atoms with Crippen LogP contribution in [0.15, 0.2) is 29.4 Å². The number of hydrogen-bond donors (Lipinski definition) is 1. The van der Waals surface area contributed by atoms with Gasteiger partial charge in [0, 0.05) is 17.4 Å². The summed E-state index contributed by atoms with van der Waals surface area (Å²) in [6.45, 7) is 7.21. The molecular formula is C18H24N2O5. The third-order valence-electron chi connectivity index (χ3n) is 4.21. The molecule has 2 rings (SSSR count). The Kier molecular flexibility index (Phi) is 5.17. The van der Waals surface area contributed by atoms with Gasteiger partial charge >= 0.3 is 5.97 Å². The highest BCUT2D eigenvalue weighted by Gasteiger charge is 2.54. The molecule has 0 fully saturated rings. The van der Waals surface area contributed by atoms with Crippen molar-refractivity contribution in [3.05, 3.63) is 29.8 Å². The Bertz CT molecular complexity index is 708. The maximum Gasteiger partial charge on any atom is 0.354 e. The lowest BCUT2D eigenvalue weighted by Gasteiger charge is -2.41. The number of rotatable bonds is 4. The summed E-state index contributed by atoms with van der Waals surface area (Å²) in [7, 11) is 1.50. The van der Waals surface area contributed by atoms with Crippen LogP contribution in [0.25, 0.3) is 0 Å². The van der Waals surface area contributed by atoms with Crippen molar-refractivity contribution in [3.63, 3.8) is 0 Å². The molecule has 0 spiro atoms. The van der Waals surface area contributed by atoms with Gasteiger partial charge in [-0.05, 0) is 25.1 Å². The number of aliphatic hydroxyl groups is 1. The Balaban J connectivity index is 2.44. The third-order valence-corrected chi connectivity index (χ3v) is 4.21. The van der Waals surface area contributed by atoms with Crippen molar-refractivity contribution in [2.45, 2.75) is 39.8 Å². The van der Waals surface area contributed by atoms with Crippen LogP contribution >= 0.6 is 0 Å². The van der Waals surface area contributed by atoms with E-state index in [4.69, 9.17) is 9.47 Å². The number of ether oxygens (including phenoxy) is 2. The minimum absolute atomic E-state index is 0.0236. The van der Waals surface area contributed by atoms with Gasteiger partial charge in [0.15, 0.2) is 11.4 Å². The number of hydrogen-bond acceptors (Lipinski definition) is 6. The highest BCUT2D eigenvalue weighted by atomic mass is 16.5. The zero-order chi connectivity index (χ0) is 18.8. The van der Waals surface area contributed by atoms with E-state index in [0.717, 1.165) is 5.01 Å². The van der Waals surface area contributed by atoms with Crippen molar-refractivity contribution in [1.82, 2.24) is 5.01 Å². The monoisotopic (exact) mass is 348 g/mol. The first-order valence-electron chi connectivity index (χ1n) is 8.09. The van der Waals surface area contributed by atoms with E-state index in [9.17, 15) is 14.7 Å². The molecule has 25 heavy (non-hydrogen) atoms. The molecule has 0 unspecified atom stereocenters. The minimum atomic E-state index is -1.64. The molecule has 0 aromatic heterocycles. The second-order valence-electron chi connectivity index (χ2n) is 6.86. The zero-order valence-electron chi connectivity index (χ0n) is 15.2. The maximum absolute atomic E-state index is 13.0. The Morgan fingerprint density at radius 3 is 2.60 bits per heavy atom. The number of nitrogens with zero attached hydrogens (tertiary/aromatic N) is 2. The first-order chi connectivity index (χ1) is 11.6. The van der Waals surface area contributed by atoms with Crippen molar-refractivity contribution in [1.29, 1.82) is 0 Å². The lowest BCUT2D eigenvalue weighted by atomic mass is 9.80. The second kappa shape index (κ2) is 6.84. The van der Waals surface area contributed by atoms with Crippen LogP contribution < -0.4 is 4.74 Å². The van der Waals surface area contributed by atoms with E-state index >= 15 is 0 Å². The zero-order valence-corrected chi connectivity index (χ0v) is 15.2. The number of carbonyl (C=O) groups excluding carboxylic acids is 2. The molecule has 1 atom stereocenters. The Hall–Kier alpha value is -2.41. The predicted octanol–water partition coefficient (Wildman–Crippen LogP) is 2.19. The normalized spacial score (nSPS) is 20.2. The summed E-state index contributed by atoms with van der Waals surface area (Å²) in [5, 5.41) is 16.3. The number of methoxy groups -OCH3 is 1. The van der Waals surface area contributed by atoms with Crippen LogP contribution in [0.5, 0.6) is 5.75 Å². The van der Waals surface area contributed by atoms with Crippen molar-refractivity contribution < 1.29 is 24.2 Å². The molecular weight excluding hydrogens is 324 g/mol. The molecule has 1 aliphatic rings. The summed E-state index contributed by atoms with van der Waals surface area (Å²) in [5.74, 6) is -0.638. The van der Waals surface area contributed by atoms with Crippen LogP contribution in [0.2, 0.25) is 0 Å². The summed E-state index contributed by atoms with van der Waals surface area (Å²) >= 11 is 0. The fraction of sp³-hybridized carbons (Fsp3) is 0.500. The summed E-state index contributed by atoms with van der Waals surface area (Å²) in [4.78, 5) is 25.0. The van der Waals surface area contributed by atoms with Gasteiger partial charge in [-0.25, -0.2) is 4.79 Å². The molecule has 7 nitrogen and oxygen atoms in total. The lowest BCUT2D eigenvalue weighted by molar-refractivity contribution is -0.144. The van der Waals surface area contributed by atoms with Crippen LogP contribution in [0.3, 0.4) is 0 Å². The number of amides is 1. The average Bonchev–Trinajstić information content (AvgIpc) is 2.93. The average molecular weight is 348 g/mol. The summed E-state index contributed by atoms with van der Waals surface area (Å²) in [6.07, 6.45) is -0.0922. The number of esters is 1. The first-order valence-corrected chi connectivity index (χ1v) is 8.09. The highest BCUT2D eigenvalue weighted by Crippen LogP contribution is 2.41. The van der Waals surface area contributed by atoms with Gasteiger partial charge in [-0.3, -0.25) is 4.79 Å². The number of hydrazone groups is 1. The highest BCUT2D eigenvalue weighted by molar-refractivity contribution is 6.37. The number of carbonyl (C=O) groups is 2. The SMILES string of the molecule is CCOC(=O)C1=NN(C(=O)c2cccc(OC)c2)[C@](O)(C(C)(C)C)C1. The summed E-state index contributed by atoms with van der Waals surface area (Å²) in [5.41, 5.74) is -2.06. The van der Waals surface area contributed by atoms with Gasteiger partial charge in [-0.15, -0.1) is 0 Å². The maximum atomic E-state index is 13.0. The largest absolute Gasteiger partial charge is 0.497 e. The van der Waals surface area contributed by atoms with Gasteiger partial charge in [0.1, 0.15) is 5.75 Å². The van der Waals surface area contributed by atoms with Gasteiger partial charge < -0.3 is 14.6 Å². The molecule has 1 aliphatic heterocycles. The standard InChI is InChI=1S/C18H24N2O5/c1-6-25-16(22)14-11-18(23,17(2,3)4)20(19-14)15(21)12-8-7-9-13(10-12)24-5/h7-10,23H,6,11H2,1-5H3/t18-/m1/s1. The molecule has 0 radical (unpaired) electrons. The van der Waals surface area contributed by atoms with Gasteiger partial charge in [0.25, 0.3) is 5.91 Å². The molecule has 1 N–H and O–H groups in total. The Labute approximate surface area is 147 Å².